The first-order valence-corrected chi connectivity index (χ1v) is 6.43. The third-order valence-corrected chi connectivity index (χ3v) is 2.80. The first-order valence-electron chi connectivity index (χ1n) is 6.43. The summed E-state index contributed by atoms with van der Waals surface area (Å²) >= 11 is 0. The molecule has 0 aromatic rings. The Morgan fingerprint density at radius 3 is 2.44 bits per heavy atom. The van der Waals surface area contributed by atoms with E-state index in [2.05, 4.69) is 5.32 Å². The topological polar surface area (TPSA) is 75.6 Å². The van der Waals surface area contributed by atoms with E-state index in [1.165, 1.54) is 0 Å². The first kappa shape index (κ1) is 16.9. The number of nitrogens with one attached hydrogen (secondary N) is 1. The molecule has 0 fully saturated rings. The molecule has 0 aliphatic heterocycles. The van der Waals surface area contributed by atoms with Gasteiger partial charge in [-0.1, -0.05) is 13.8 Å². The average molecular weight is 259 g/mol. The second-order valence-electron chi connectivity index (χ2n) is 4.94. The van der Waals surface area contributed by atoms with Crippen molar-refractivity contribution >= 4 is 11.9 Å². The first-order chi connectivity index (χ1) is 8.45. The number of rotatable bonds is 10. The van der Waals surface area contributed by atoms with Gasteiger partial charge in [-0.2, -0.15) is 0 Å². The zero-order valence-corrected chi connectivity index (χ0v) is 11.6. The lowest BCUT2D eigenvalue weighted by Crippen LogP contribution is -2.27. The van der Waals surface area contributed by atoms with Crippen LogP contribution in [0, 0.1) is 11.8 Å². The van der Waals surface area contributed by atoms with Crippen molar-refractivity contribution in [2.75, 3.05) is 20.3 Å². The highest BCUT2D eigenvalue weighted by molar-refractivity contribution is 5.76. The summed E-state index contributed by atoms with van der Waals surface area (Å²) in [5.41, 5.74) is 0. The smallest absolute Gasteiger partial charge is 0.303 e. The number of ether oxygens (including phenoxy) is 1. The molecule has 0 spiro atoms. The van der Waals surface area contributed by atoms with Crippen molar-refractivity contribution in [3.05, 3.63) is 0 Å². The van der Waals surface area contributed by atoms with E-state index in [-0.39, 0.29) is 18.2 Å². The Balaban J connectivity index is 3.58. The van der Waals surface area contributed by atoms with Crippen molar-refractivity contribution < 1.29 is 19.4 Å². The van der Waals surface area contributed by atoms with E-state index in [1.807, 2.05) is 13.8 Å². The van der Waals surface area contributed by atoms with E-state index in [9.17, 15) is 9.59 Å². The number of carbonyl (C=O) groups is 2. The van der Waals surface area contributed by atoms with Crippen molar-refractivity contribution in [1.29, 1.82) is 0 Å². The van der Waals surface area contributed by atoms with Crippen molar-refractivity contribution in [3.8, 4) is 0 Å². The van der Waals surface area contributed by atoms with Crippen LogP contribution in [0.25, 0.3) is 0 Å². The van der Waals surface area contributed by atoms with E-state index in [4.69, 9.17) is 9.84 Å². The molecule has 0 saturated heterocycles. The molecule has 2 unspecified atom stereocenters. The number of carboxylic acids is 1. The van der Waals surface area contributed by atoms with Crippen LogP contribution in [0.5, 0.6) is 0 Å². The molecule has 0 aromatic heterocycles. The summed E-state index contributed by atoms with van der Waals surface area (Å²) < 4.78 is 4.97. The maximum absolute atomic E-state index is 11.5. The van der Waals surface area contributed by atoms with Gasteiger partial charge in [-0.05, 0) is 24.7 Å². The summed E-state index contributed by atoms with van der Waals surface area (Å²) in [7, 11) is 1.62. The highest BCUT2D eigenvalue weighted by atomic mass is 16.5. The molecule has 0 rings (SSSR count). The van der Waals surface area contributed by atoms with Gasteiger partial charge in [-0.3, -0.25) is 9.59 Å². The minimum atomic E-state index is -0.765. The van der Waals surface area contributed by atoms with Crippen molar-refractivity contribution in [2.45, 2.75) is 39.5 Å². The molecule has 5 heteroatoms. The summed E-state index contributed by atoms with van der Waals surface area (Å²) in [6.07, 6.45) is 2.14. The zero-order chi connectivity index (χ0) is 14.0. The van der Waals surface area contributed by atoms with Crippen molar-refractivity contribution in [1.82, 2.24) is 5.32 Å². The van der Waals surface area contributed by atoms with E-state index < -0.39 is 5.97 Å². The normalized spacial score (nSPS) is 13.9. The number of hydrogen-bond donors (Lipinski definition) is 2. The van der Waals surface area contributed by atoms with Gasteiger partial charge in [-0.25, -0.2) is 0 Å². The lowest BCUT2D eigenvalue weighted by atomic mass is 10.0. The molecule has 5 nitrogen and oxygen atoms in total. The van der Waals surface area contributed by atoms with E-state index >= 15 is 0 Å². The van der Waals surface area contributed by atoms with E-state index in [0.717, 1.165) is 6.42 Å². The van der Waals surface area contributed by atoms with Crippen LogP contribution in [0.1, 0.15) is 39.5 Å². The standard InChI is InChI=1S/C13H25NO4/c1-10(4-5-13(16)17)6-7-14-12(15)8-11(2)9-18-3/h10-11H,4-9H2,1-3H3,(H,14,15)(H,16,17). The summed E-state index contributed by atoms with van der Waals surface area (Å²) in [6.45, 7) is 5.17. The third kappa shape index (κ3) is 10.1. The van der Waals surface area contributed by atoms with Gasteiger partial charge in [0.2, 0.25) is 5.91 Å². The summed E-state index contributed by atoms with van der Waals surface area (Å²) in [4.78, 5) is 21.9. The molecule has 1 amide bonds. The molecule has 0 heterocycles. The molecule has 0 aliphatic carbocycles. The van der Waals surface area contributed by atoms with Crippen molar-refractivity contribution in [3.63, 3.8) is 0 Å². The molecule has 2 N–H and O–H groups in total. The number of hydrogen-bond acceptors (Lipinski definition) is 3. The Morgan fingerprint density at radius 2 is 1.89 bits per heavy atom. The monoisotopic (exact) mass is 259 g/mol. The number of methoxy groups -OCH3 is 1. The van der Waals surface area contributed by atoms with Crippen LogP contribution in [0.2, 0.25) is 0 Å². The van der Waals surface area contributed by atoms with Gasteiger partial charge in [0.15, 0.2) is 0 Å². The van der Waals surface area contributed by atoms with Gasteiger partial charge in [0.1, 0.15) is 0 Å². The summed E-state index contributed by atoms with van der Waals surface area (Å²) in [6, 6.07) is 0. The largest absolute Gasteiger partial charge is 0.481 e. The maximum Gasteiger partial charge on any atom is 0.303 e. The van der Waals surface area contributed by atoms with Crippen LogP contribution < -0.4 is 5.32 Å². The lowest BCUT2D eigenvalue weighted by molar-refractivity contribution is -0.137. The fourth-order valence-corrected chi connectivity index (χ4v) is 1.70. The second-order valence-corrected chi connectivity index (χ2v) is 4.94. The quantitative estimate of drug-likeness (QED) is 0.625. The van der Waals surface area contributed by atoms with Gasteiger partial charge < -0.3 is 15.2 Å². The number of aliphatic carboxylic acids is 1. The van der Waals surface area contributed by atoms with Crippen LogP contribution in [0.3, 0.4) is 0 Å². The Morgan fingerprint density at radius 1 is 1.22 bits per heavy atom. The van der Waals surface area contributed by atoms with Crippen molar-refractivity contribution in [2.24, 2.45) is 11.8 Å². The van der Waals surface area contributed by atoms with E-state index in [1.54, 1.807) is 7.11 Å². The number of carbonyl (C=O) groups excluding carboxylic acids is 1. The molecule has 0 saturated carbocycles. The molecule has 0 bridgehead atoms. The molecule has 0 radical (unpaired) electrons. The fourth-order valence-electron chi connectivity index (χ4n) is 1.70. The lowest BCUT2D eigenvalue weighted by Gasteiger charge is -2.12. The molecular weight excluding hydrogens is 234 g/mol. The minimum Gasteiger partial charge on any atom is -0.481 e. The third-order valence-electron chi connectivity index (χ3n) is 2.80. The van der Waals surface area contributed by atoms with Gasteiger partial charge in [0.25, 0.3) is 0 Å². The Bertz CT molecular complexity index is 255. The Labute approximate surface area is 109 Å². The van der Waals surface area contributed by atoms with Gasteiger partial charge in [0.05, 0.1) is 0 Å². The summed E-state index contributed by atoms with van der Waals surface area (Å²) in [5, 5.41) is 11.4. The molecule has 0 aliphatic rings. The Hall–Kier alpha value is -1.10. The molecular formula is C13H25NO4. The predicted octanol–water partition coefficient (Wildman–Crippen LogP) is 1.67. The van der Waals surface area contributed by atoms with Crippen LogP contribution >= 0.6 is 0 Å². The van der Waals surface area contributed by atoms with Gasteiger partial charge in [-0.15, -0.1) is 0 Å². The number of carboxylic acid groups (broad SMARTS) is 1. The molecule has 106 valence electrons. The van der Waals surface area contributed by atoms with Gasteiger partial charge in [0, 0.05) is 33.1 Å². The SMILES string of the molecule is COCC(C)CC(=O)NCCC(C)CCC(=O)O. The highest BCUT2D eigenvalue weighted by Gasteiger charge is 2.09. The zero-order valence-electron chi connectivity index (χ0n) is 11.6. The maximum atomic E-state index is 11.5. The van der Waals surface area contributed by atoms with Crippen LogP contribution in [0.15, 0.2) is 0 Å². The van der Waals surface area contributed by atoms with E-state index in [0.29, 0.717) is 31.9 Å². The van der Waals surface area contributed by atoms with Crippen LogP contribution in [-0.2, 0) is 14.3 Å². The Kier molecular flexibility index (Phi) is 9.28. The number of amides is 1. The predicted molar refractivity (Wildman–Crippen MR) is 69.3 cm³/mol. The molecule has 2 atom stereocenters. The average Bonchev–Trinajstić information content (AvgIpc) is 2.26. The summed E-state index contributed by atoms with van der Waals surface area (Å²) in [5.74, 6) is -0.193. The van der Waals surface area contributed by atoms with Crippen LogP contribution in [-0.4, -0.2) is 37.2 Å². The highest BCUT2D eigenvalue weighted by Crippen LogP contribution is 2.09. The fraction of sp³-hybridized carbons (Fsp3) is 0.846. The van der Waals surface area contributed by atoms with Gasteiger partial charge >= 0.3 is 5.97 Å². The molecule has 18 heavy (non-hydrogen) atoms. The molecule has 0 aromatic carbocycles. The second kappa shape index (κ2) is 9.88. The van der Waals surface area contributed by atoms with Crippen LogP contribution in [0.4, 0.5) is 0 Å². The minimum absolute atomic E-state index is 0.0324.